The lowest BCUT2D eigenvalue weighted by molar-refractivity contribution is -0.339. The highest BCUT2D eigenvalue weighted by molar-refractivity contribution is 7.96. The van der Waals surface area contributed by atoms with Crippen LogP contribution in [-0.2, 0) is 19.4 Å². The number of likely N-dealkylation sites (N-methyl/N-ethyl adjacent to an activating group) is 1. The van der Waals surface area contributed by atoms with E-state index in [1.807, 2.05) is 0 Å². The molecule has 0 radical (unpaired) electrons. The third kappa shape index (κ3) is 7.30. The van der Waals surface area contributed by atoms with Gasteiger partial charge >= 0.3 is 6.36 Å². The average Bonchev–Trinajstić information content (AvgIpc) is 2.38. The van der Waals surface area contributed by atoms with Crippen LogP contribution in [0.25, 0.3) is 0 Å². The van der Waals surface area contributed by atoms with Crippen molar-refractivity contribution in [2.24, 2.45) is 4.99 Å². The van der Waals surface area contributed by atoms with Crippen LogP contribution in [0.2, 0.25) is 0 Å². The van der Waals surface area contributed by atoms with Gasteiger partial charge in [0, 0.05) is 34.4 Å². The van der Waals surface area contributed by atoms with Crippen LogP contribution in [-0.4, -0.2) is 76.4 Å². The second-order valence-corrected chi connectivity index (χ2v) is 7.45. The highest BCUT2D eigenvalue weighted by atomic mass is 32.2. The number of hydrogen-bond donors (Lipinski definition) is 0. The average molecular weight is 373 g/mol. The van der Waals surface area contributed by atoms with Crippen LogP contribution in [0, 0.1) is 0 Å². The molecule has 0 saturated carbocycles. The summed E-state index contributed by atoms with van der Waals surface area (Å²) in [6.07, 6.45) is -5.55. The smallest absolute Gasteiger partial charge is 0.382 e. The number of carbonyl (C=O) groups excluding carboxylic acids is 1. The van der Waals surface area contributed by atoms with E-state index in [1.54, 1.807) is 0 Å². The fraction of sp³-hybridized carbons (Fsp3) is 0.692. The number of rotatable bonds is 7. The van der Waals surface area contributed by atoms with Gasteiger partial charge in [0.15, 0.2) is 21.9 Å². The van der Waals surface area contributed by atoms with E-state index in [4.69, 9.17) is 0 Å². The molecule has 0 aliphatic carbocycles. The molecular formula is C13H22F3N3O4S. The van der Waals surface area contributed by atoms with Crippen LogP contribution in [0.4, 0.5) is 13.2 Å². The standard InChI is InChI=1S/C13H22F3N3O4S/c1-7-24(21,22)10(8-18(3)4)11(20)12(19(5)6)17-9(2)23-13(14,15)16/h8-9H,7H2,1-6H3/b10-8+,17-12?. The number of Topliss-reactive ketones (excluding diaryl/α,β-unsaturated/α-hetero) is 1. The Morgan fingerprint density at radius 2 is 1.75 bits per heavy atom. The number of carbonyl (C=O) groups is 1. The maximum atomic E-state index is 12.5. The summed E-state index contributed by atoms with van der Waals surface area (Å²) in [5.41, 5.74) is 0. The molecular weight excluding hydrogens is 351 g/mol. The lowest BCUT2D eigenvalue weighted by Gasteiger charge is -2.19. The van der Waals surface area contributed by atoms with Crippen molar-refractivity contribution < 1.29 is 31.1 Å². The minimum atomic E-state index is -4.93. The van der Waals surface area contributed by atoms with Crippen molar-refractivity contribution in [1.29, 1.82) is 0 Å². The van der Waals surface area contributed by atoms with E-state index in [9.17, 15) is 26.4 Å². The molecule has 24 heavy (non-hydrogen) atoms. The highest BCUT2D eigenvalue weighted by Crippen LogP contribution is 2.20. The molecule has 0 aromatic carbocycles. The van der Waals surface area contributed by atoms with Crippen LogP contribution in [0.3, 0.4) is 0 Å². The Labute approximate surface area is 139 Å². The molecule has 0 fully saturated rings. The summed E-state index contributed by atoms with van der Waals surface area (Å²) in [6.45, 7) is 2.35. The van der Waals surface area contributed by atoms with Crippen molar-refractivity contribution >= 4 is 21.5 Å². The Bertz CT molecular complexity index is 610. The van der Waals surface area contributed by atoms with Crippen LogP contribution < -0.4 is 0 Å². The Morgan fingerprint density at radius 1 is 1.25 bits per heavy atom. The minimum Gasteiger partial charge on any atom is -0.382 e. The van der Waals surface area contributed by atoms with Gasteiger partial charge in [0.1, 0.15) is 4.91 Å². The molecule has 7 nitrogen and oxygen atoms in total. The molecule has 0 rings (SSSR count). The van der Waals surface area contributed by atoms with Gasteiger partial charge in [-0.05, 0) is 6.92 Å². The molecule has 0 aliphatic rings. The maximum Gasteiger partial charge on any atom is 0.524 e. The molecule has 0 aliphatic heterocycles. The van der Waals surface area contributed by atoms with Crippen LogP contribution >= 0.6 is 0 Å². The number of alkyl halides is 3. The first-order valence-corrected chi connectivity index (χ1v) is 8.51. The predicted molar refractivity (Wildman–Crippen MR) is 84.0 cm³/mol. The third-order valence-electron chi connectivity index (χ3n) is 2.55. The van der Waals surface area contributed by atoms with Gasteiger partial charge in [-0.3, -0.25) is 9.53 Å². The SMILES string of the molecule is CCS(=O)(=O)/C(=C/N(C)C)C(=O)C(=NC(C)OC(F)(F)F)N(C)C. The van der Waals surface area contributed by atoms with Gasteiger partial charge in [0.25, 0.3) is 0 Å². The van der Waals surface area contributed by atoms with E-state index in [-0.39, 0.29) is 5.75 Å². The quantitative estimate of drug-likeness (QED) is 0.379. The number of sulfone groups is 1. The molecule has 0 N–H and O–H groups in total. The van der Waals surface area contributed by atoms with Crippen molar-refractivity contribution in [3.05, 3.63) is 11.1 Å². The molecule has 0 aromatic rings. The fourth-order valence-corrected chi connectivity index (χ4v) is 2.61. The van der Waals surface area contributed by atoms with Gasteiger partial charge in [-0.15, -0.1) is 13.2 Å². The molecule has 0 aromatic heterocycles. The molecule has 0 spiro atoms. The van der Waals surface area contributed by atoms with Gasteiger partial charge in [0.05, 0.1) is 5.75 Å². The summed E-state index contributed by atoms with van der Waals surface area (Å²) in [5.74, 6) is -1.81. The summed E-state index contributed by atoms with van der Waals surface area (Å²) in [7, 11) is 1.85. The molecule has 0 heterocycles. The van der Waals surface area contributed by atoms with Gasteiger partial charge in [-0.25, -0.2) is 13.4 Å². The van der Waals surface area contributed by atoms with Crippen LogP contribution in [0.15, 0.2) is 16.1 Å². The first kappa shape index (κ1) is 22.4. The molecule has 1 unspecified atom stereocenters. The largest absolute Gasteiger partial charge is 0.524 e. The van der Waals surface area contributed by atoms with E-state index in [0.29, 0.717) is 0 Å². The van der Waals surface area contributed by atoms with Crippen molar-refractivity contribution in [3.8, 4) is 0 Å². The number of hydrogen-bond acceptors (Lipinski definition) is 6. The van der Waals surface area contributed by atoms with Gasteiger partial charge in [-0.2, -0.15) is 0 Å². The number of aliphatic imine (C=N–C) groups is 1. The Balaban J connectivity index is 5.94. The van der Waals surface area contributed by atoms with E-state index in [0.717, 1.165) is 18.0 Å². The van der Waals surface area contributed by atoms with E-state index in [1.165, 1.54) is 40.0 Å². The van der Waals surface area contributed by atoms with Gasteiger partial charge in [0.2, 0.25) is 5.78 Å². The summed E-state index contributed by atoms with van der Waals surface area (Å²) < 4.78 is 64.6. The fourth-order valence-electron chi connectivity index (χ4n) is 1.55. The van der Waals surface area contributed by atoms with E-state index >= 15 is 0 Å². The summed E-state index contributed by atoms with van der Waals surface area (Å²) in [6, 6.07) is 0. The Hall–Kier alpha value is -1.62. The number of ketones is 1. The maximum absolute atomic E-state index is 12.5. The van der Waals surface area contributed by atoms with Crippen molar-refractivity contribution in [1.82, 2.24) is 9.80 Å². The second kappa shape index (κ2) is 8.47. The minimum absolute atomic E-state index is 0.340. The normalized spacial score (nSPS) is 15.2. The zero-order valence-electron chi connectivity index (χ0n) is 14.4. The number of ether oxygens (including phenoxy) is 1. The molecule has 0 saturated heterocycles. The zero-order chi connectivity index (χ0) is 19.3. The van der Waals surface area contributed by atoms with Crippen LogP contribution in [0.1, 0.15) is 13.8 Å². The monoisotopic (exact) mass is 373 g/mol. The number of amidine groups is 1. The zero-order valence-corrected chi connectivity index (χ0v) is 15.2. The Kier molecular flexibility index (Phi) is 7.90. The number of nitrogens with zero attached hydrogens (tertiary/aromatic N) is 3. The van der Waals surface area contributed by atoms with Gasteiger partial charge in [-0.1, -0.05) is 6.92 Å². The van der Waals surface area contributed by atoms with E-state index < -0.39 is 39.0 Å². The number of halogens is 3. The summed E-state index contributed by atoms with van der Waals surface area (Å²) in [4.78, 5) is 18.0. The van der Waals surface area contributed by atoms with Gasteiger partial charge < -0.3 is 9.80 Å². The lowest BCUT2D eigenvalue weighted by Crippen LogP contribution is -2.36. The van der Waals surface area contributed by atoms with Crippen LogP contribution in [0.5, 0.6) is 0 Å². The molecule has 0 amide bonds. The lowest BCUT2D eigenvalue weighted by atomic mass is 10.3. The van der Waals surface area contributed by atoms with E-state index in [2.05, 4.69) is 9.73 Å². The Morgan fingerprint density at radius 3 is 2.08 bits per heavy atom. The molecule has 140 valence electrons. The summed E-state index contributed by atoms with van der Waals surface area (Å²) >= 11 is 0. The molecule has 1 atom stereocenters. The first-order chi connectivity index (χ1) is 10.7. The molecule has 11 heteroatoms. The summed E-state index contributed by atoms with van der Waals surface area (Å²) in [5, 5.41) is 0. The van der Waals surface area contributed by atoms with Crippen molar-refractivity contribution in [2.75, 3.05) is 33.9 Å². The topological polar surface area (TPSA) is 79.3 Å². The second-order valence-electron chi connectivity index (χ2n) is 5.20. The van der Waals surface area contributed by atoms with Crippen molar-refractivity contribution in [3.63, 3.8) is 0 Å². The molecule has 0 bridgehead atoms. The highest BCUT2D eigenvalue weighted by Gasteiger charge is 2.34. The third-order valence-corrected chi connectivity index (χ3v) is 4.27. The van der Waals surface area contributed by atoms with Crippen molar-refractivity contribution in [2.45, 2.75) is 26.4 Å². The predicted octanol–water partition coefficient (Wildman–Crippen LogP) is 1.24. The first-order valence-electron chi connectivity index (χ1n) is 6.86.